The fourth-order valence-corrected chi connectivity index (χ4v) is 2.94. The second-order valence-electron chi connectivity index (χ2n) is 4.66. The molecule has 1 rings (SSSR count). The van der Waals surface area contributed by atoms with Crippen LogP contribution in [0, 0.1) is 5.41 Å². The summed E-state index contributed by atoms with van der Waals surface area (Å²) in [6.45, 7) is 0.377. The highest BCUT2D eigenvalue weighted by atomic mass is 32.2. The molecule has 2 N–H and O–H groups in total. The Balaban J connectivity index is 2.58. The number of rotatable bonds is 7. The van der Waals surface area contributed by atoms with Crippen LogP contribution in [-0.4, -0.2) is 58.1 Å². The maximum absolute atomic E-state index is 11.7. The van der Waals surface area contributed by atoms with E-state index >= 15 is 0 Å². The fraction of sp³-hybridized carbons (Fsp3) is 0.818. The number of nitrogens with one attached hydrogen (secondary N) is 1. The van der Waals surface area contributed by atoms with Crippen molar-refractivity contribution in [3.8, 4) is 0 Å². The summed E-state index contributed by atoms with van der Waals surface area (Å²) >= 11 is 0. The van der Waals surface area contributed by atoms with Gasteiger partial charge in [-0.2, -0.15) is 0 Å². The maximum atomic E-state index is 11.7. The predicted molar refractivity (Wildman–Crippen MR) is 68.5 cm³/mol. The number of hydrogen-bond donors (Lipinski definition) is 2. The molecule has 0 aromatic rings. The molecule has 9 heteroatoms. The Hall–Kier alpha value is -1.19. The van der Waals surface area contributed by atoms with Crippen LogP contribution >= 0.6 is 0 Å². The van der Waals surface area contributed by atoms with Crippen LogP contribution in [0.4, 0.5) is 0 Å². The fourth-order valence-electron chi connectivity index (χ4n) is 1.87. The zero-order valence-electron chi connectivity index (χ0n) is 11.3. The Morgan fingerprint density at radius 1 is 1.35 bits per heavy atom. The lowest BCUT2D eigenvalue weighted by Crippen LogP contribution is -2.47. The number of carboxylic acids is 1. The normalized spacial score (nSPS) is 18.4. The van der Waals surface area contributed by atoms with E-state index in [4.69, 9.17) is 4.74 Å². The van der Waals surface area contributed by atoms with E-state index < -0.39 is 33.1 Å². The molecule has 0 aromatic heterocycles. The number of esters is 1. The minimum atomic E-state index is -3.71. The van der Waals surface area contributed by atoms with E-state index in [1.54, 1.807) is 0 Å². The first-order valence-corrected chi connectivity index (χ1v) is 7.82. The second-order valence-corrected chi connectivity index (χ2v) is 6.59. The first-order valence-electron chi connectivity index (χ1n) is 6.17. The second kappa shape index (κ2) is 7.00. The van der Waals surface area contributed by atoms with Crippen LogP contribution in [0.25, 0.3) is 0 Å². The molecule has 0 bridgehead atoms. The van der Waals surface area contributed by atoms with Gasteiger partial charge in [-0.3, -0.25) is 9.59 Å². The minimum Gasteiger partial charge on any atom is -0.481 e. The van der Waals surface area contributed by atoms with Gasteiger partial charge in [0.05, 0.1) is 24.7 Å². The van der Waals surface area contributed by atoms with Crippen LogP contribution in [0.3, 0.4) is 0 Å². The number of carbonyl (C=O) groups excluding carboxylic acids is 1. The van der Waals surface area contributed by atoms with Gasteiger partial charge in [-0.05, 0) is 12.8 Å². The minimum absolute atomic E-state index is 0.199. The van der Waals surface area contributed by atoms with E-state index in [9.17, 15) is 23.1 Å². The lowest BCUT2D eigenvalue weighted by molar-refractivity contribution is -0.154. The van der Waals surface area contributed by atoms with Gasteiger partial charge in [-0.15, -0.1) is 0 Å². The average molecular weight is 309 g/mol. The molecule has 1 heterocycles. The van der Waals surface area contributed by atoms with Crippen molar-refractivity contribution in [3.63, 3.8) is 0 Å². The Morgan fingerprint density at radius 3 is 2.45 bits per heavy atom. The van der Waals surface area contributed by atoms with Gasteiger partial charge in [0.15, 0.2) is 0 Å². The van der Waals surface area contributed by atoms with Gasteiger partial charge in [0.1, 0.15) is 0 Å². The predicted octanol–water partition coefficient (Wildman–Crippen LogP) is -0.650. The molecule has 0 spiro atoms. The van der Waals surface area contributed by atoms with Crippen LogP contribution in [0.1, 0.15) is 19.3 Å². The quantitative estimate of drug-likeness (QED) is 0.600. The number of aliphatic carboxylic acids is 1. The molecule has 0 unspecified atom stereocenters. The van der Waals surface area contributed by atoms with Crippen molar-refractivity contribution >= 4 is 22.0 Å². The smallest absolute Gasteiger partial charge is 0.311 e. The average Bonchev–Trinajstić information content (AvgIpc) is 2.43. The van der Waals surface area contributed by atoms with E-state index in [1.807, 2.05) is 0 Å². The van der Waals surface area contributed by atoms with Gasteiger partial charge in [-0.1, -0.05) is 0 Å². The number of carbonyl (C=O) groups is 2. The Kier molecular flexibility index (Phi) is 5.90. The molecule has 1 saturated heterocycles. The summed E-state index contributed by atoms with van der Waals surface area (Å²) in [7, 11) is -2.54. The zero-order chi connectivity index (χ0) is 15.2. The molecule has 0 atom stereocenters. The highest BCUT2D eigenvalue weighted by Crippen LogP contribution is 2.30. The molecular weight excluding hydrogens is 290 g/mol. The van der Waals surface area contributed by atoms with Crippen LogP contribution < -0.4 is 4.72 Å². The summed E-state index contributed by atoms with van der Waals surface area (Å²) in [4.78, 5) is 22.3. The third-order valence-electron chi connectivity index (χ3n) is 3.34. The standard InChI is InChI=1S/C11H19NO7S/c1-18-9(13)2-7-20(16,17)12-8-11(10(14)15)3-5-19-6-4-11/h12H,2-8H2,1H3,(H,14,15). The van der Waals surface area contributed by atoms with Crippen LogP contribution in [0.2, 0.25) is 0 Å². The summed E-state index contributed by atoms with van der Waals surface area (Å²) in [6.07, 6.45) is 0.235. The zero-order valence-corrected chi connectivity index (χ0v) is 12.1. The molecular formula is C11H19NO7S. The number of sulfonamides is 1. The molecule has 0 aliphatic carbocycles. The summed E-state index contributed by atoms with van der Waals surface area (Å²) in [5, 5.41) is 9.28. The molecule has 0 saturated carbocycles. The summed E-state index contributed by atoms with van der Waals surface area (Å²) < 4.78 is 35.1. The Labute approximate surface area is 117 Å². The van der Waals surface area contributed by atoms with Crippen LogP contribution in [0.5, 0.6) is 0 Å². The SMILES string of the molecule is COC(=O)CCS(=O)(=O)NCC1(C(=O)O)CCOCC1. The molecule has 0 radical (unpaired) electrons. The highest BCUT2D eigenvalue weighted by Gasteiger charge is 2.40. The van der Waals surface area contributed by atoms with Gasteiger partial charge in [0.2, 0.25) is 10.0 Å². The van der Waals surface area contributed by atoms with Crippen molar-refractivity contribution in [2.75, 3.05) is 32.6 Å². The third-order valence-corrected chi connectivity index (χ3v) is 4.66. The maximum Gasteiger partial charge on any atom is 0.311 e. The number of ether oxygens (including phenoxy) is 2. The lowest BCUT2D eigenvalue weighted by atomic mass is 9.80. The van der Waals surface area contributed by atoms with E-state index in [2.05, 4.69) is 9.46 Å². The first kappa shape index (κ1) is 16.9. The molecule has 1 aliphatic heterocycles. The van der Waals surface area contributed by atoms with Crippen LogP contribution in [0.15, 0.2) is 0 Å². The molecule has 0 aromatic carbocycles. The summed E-state index contributed by atoms with van der Waals surface area (Å²) in [5.74, 6) is -2.10. The van der Waals surface area contributed by atoms with E-state index in [1.165, 1.54) is 7.11 Å². The van der Waals surface area contributed by atoms with Crippen molar-refractivity contribution < 1.29 is 32.6 Å². The van der Waals surface area contributed by atoms with Gasteiger partial charge in [0.25, 0.3) is 0 Å². The van der Waals surface area contributed by atoms with Crippen molar-refractivity contribution in [3.05, 3.63) is 0 Å². The van der Waals surface area contributed by atoms with Gasteiger partial charge in [0, 0.05) is 19.8 Å². The lowest BCUT2D eigenvalue weighted by Gasteiger charge is -2.33. The van der Waals surface area contributed by atoms with Crippen molar-refractivity contribution in [1.29, 1.82) is 0 Å². The summed E-state index contributed by atoms with van der Waals surface area (Å²) in [6, 6.07) is 0. The Morgan fingerprint density at radius 2 is 1.95 bits per heavy atom. The van der Waals surface area contributed by atoms with E-state index in [0.29, 0.717) is 0 Å². The highest BCUT2D eigenvalue weighted by molar-refractivity contribution is 7.89. The van der Waals surface area contributed by atoms with Gasteiger partial charge < -0.3 is 14.6 Å². The third kappa shape index (κ3) is 4.73. The molecule has 0 amide bonds. The molecule has 8 nitrogen and oxygen atoms in total. The monoisotopic (exact) mass is 309 g/mol. The van der Waals surface area contributed by atoms with Crippen molar-refractivity contribution in [2.45, 2.75) is 19.3 Å². The largest absolute Gasteiger partial charge is 0.481 e. The van der Waals surface area contributed by atoms with Gasteiger partial charge in [-0.25, -0.2) is 13.1 Å². The molecule has 1 aliphatic rings. The Bertz CT molecular complexity index is 453. The molecule has 1 fully saturated rings. The van der Waals surface area contributed by atoms with Crippen molar-refractivity contribution in [2.24, 2.45) is 5.41 Å². The van der Waals surface area contributed by atoms with Crippen LogP contribution in [-0.2, 0) is 29.1 Å². The number of hydrogen-bond acceptors (Lipinski definition) is 6. The van der Waals surface area contributed by atoms with Gasteiger partial charge >= 0.3 is 11.9 Å². The number of carboxylic acid groups (broad SMARTS) is 1. The summed E-state index contributed by atoms with van der Waals surface area (Å²) in [5.41, 5.74) is -1.14. The molecule has 20 heavy (non-hydrogen) atoms. The molecule has 116 valence electrons. The van der Waals surface area contributed by atoms with E-state index in [-0.39, 0.29) is 39.0 Å². The van der Waals surface area contributed by atoms with E-state index in [0.717, 1.165) is 0 Å². The number of methoxy groups -OCH3 is 1. The topological polar surface area (TPSA) is 119 Å². The van der Waals surface area contributed by atoms with Crippen molar-refractivity contribution in [1.82, 2.24) is 4.72 Å². The first-order chi connectivity index (χ1) is 9.31.